The molecule has 258 valence electrons. The highest BCUT2D eigenvalue weighted by Gasteiger charge is 2.70. The van der Waals surface area contributed by atoms with Crippen molar-refractivity contribution in [1.29, 1.82) is 0 Å². The number of aliphatic carboxylic acids is 1. The van der Waals surface area contributed by atoms with E-state index in [1.807, 2.05) is 5.32 Å². The minimum absolute atomic E-state index is 0.0497. The molecule has 7 N–H and O–H groups in total. The highest BCUT2D eigenvalue weighted by atomic mass is 32.2. The Bertz CT molecular complexity index is 1410. The van der Waals surface area contributed by atoms with Crippen LogP contribution in [0.3, 0.4) is 0 Å². The third-order valence-corrected chi connectivity index (χ3v) is 7.35. The summed E-state index contributed by atoms with van der Waals surface area (Å²) in [7, 11) is 0. The van der Waals surface area contributed by atoms with Crippen LogP contribution < -0.4 is 16.4 Å². The Hall–Kier alpha value is -4.33. The van der Waals surface area contributed by atoms with E-state index in [9.17, 15) is 48.3 Å². The average molecular weight is 694 g/mol. The minimum atomic E-state index is -5.60. The summed E-state index contributed by atoms with van der Waals surface area (Å²) in [6.07, 6.45) is 0.690. The Kier molecular flexibility index (Phi) is 14.1. The quantitative estimate of drug-likeness (QED) is 0.0783. The number of nitrogens with zero attached hydrogens (tertiary/aromatic N) is 2. The highest BCUT2D eigenvalue weighted by molar-refractivity contribution is 7.98. The maximum Gasteiger partial charge on any atom is 0.365 e. The molecule has 0 aliphatic heterocycles. The van der Waals surface area contributed by atoms with Crippen LogP contribution in [0.1, 0.15) is 17.5 Å². The molecular weight excluding hydrogens is 661 g/mol. The number of rotatable bonds is 17. The lowest BCUT2D eigenvalue weighted by molar-refractivity contribution is -0.337. The number of nitrogens with two attached hydrogens (primary N) is 1. The molecule has 0 heterocycles. The third kappa shape index (κ3) is 9.37. The fourth-order valence-corrected chi connectivity index (χ4v) is 4.61. The number of nitrogens with one attached hydrogen (secondary N) is 2. The molecular formula is C28H32F5N5O8S. The summed E-state index contributed by atoms with van der Waals surface area (Å²) in [5.41, 5.74) is 4.94. The molecule has 4 amide bonds. The Balaban J connectivity index is 2.33. The van der Waals surface area contributed by atoms with Crippen molar-refractivity contribution in [2.75, 3.05) is 25.2 Å². The molecule has 0 saturated carbocycles. The fraction of sp³-hybridized carbons (Fsp3) is 0.393. The molecule has 0 unspecified atom stereocenters. The molecule has 2 aromatic rings. The molecule has 0 fully saturated rings. The number of carboxylic acids is 1. The summed E-state index contributed by atoms with van der Waals surface area (Å²) in [4.78, 5) is 63.0. The number of thioether (sulfide) groups is 1. The Morgan fingerprint density at radius 2 is 1.57 bits per heavy atom. The standard InChI is InChI=1S/C28H32F5N5O8S/c1-47-12-11-21(25(44)45)37(26(46)28(31,38(32)33)27(29,30)17-5-3-2-4-6-17)22(41)14-35-24(43)20(15-39)36-23(42)19(34)13-16-7-9-18(40)10-8-16/h2-10,19-21,39-40H,11-15,34H2,1H3,(H,35,43)(H,36,42)(H,44,45)/t19-,20+,21-,28+/m0/s1. The van der Waals surface area contributed by atoms with Crippen LogP contribution in [-0.4, -0.2) is 104 Å². The first-order valence-corrected chi connectivity index (χ1v) is 15.0. The molecule has 0 aliphatic carbocycles. The monoisotopic (exact) mass is 693 g/mol. The van der Waals surface area contributed by atoms with E-state index in [1.165, 1.54) is 36.6 Å². The first-order valence-electron chi connectivity index (χ1n) is 13.6. The number of phenols is 1. The summed E-state index contributed by atoms with van der Waals surface area (Å²) >= 11 is 0.966. The van der Waals surface area contributed by atoms with Gasteiger partial charge in [-0.2, -0.15) is 20.5 Å². The van der Waals surface area contributed by atoms with Crippen LogP contribution in [0, 0.1) is 0 Å². The van der Waals surface area contributed by atoms with E-state index in [0.717, 1.165) is 23.9 Å². The maximum absolute atomic E-state index is 15.8. The predicted octanol–water partition coefficient (Wildman–Crippen LogP) is 0.946. The zero-order chi connectivity index (χ0) is 35.5. The first kappa shape index (κ1) is 38.9. The summed E-state index contributed by atoms with van der Waals surface area (Å²) in [5.74, 6) is -20.3. The number of hydrogen-bond donors (Lipinski definition) is 6. The number of imide groups is 1. The van der Waals surface area contributed by atoms with Gasteiger partial charge in [-0.3, -0.25) is 24.1 Å². The van der Waals surface area contributed by atoms with Gasteiger partial charge in [-0.1, -0.05) is 51.4 Å². The van der Waals surface area contributed by atoms with Gasteiger partial charge < -0.3 is 31.7 Å². The van der Waals surface area contributed by atoms with Gasteiger partial charge >= 0.3 is 17.7 Å². The second-order valence-corrected chi connectivity index (χ2v) is 10.9. The van der Waals surface area contributed by atoms with Crippen LogP contribution in [0.4, 0.5) is 22.1 Å². The van der Waals surface area contributed by atoms with Crippen LogP contribution in [0.15, 0.2) is 54.6 Å². The van der Waals surface area contributed by atoms with Crippen LogP contribution in [0.5, 0.6) is 5.75 Å². The van der Waals surface area contributed by atoms with Crippen molar-refractivity contribution >= 4 is 41.4 Å². The number of hydrogen-bond acceptors (Lipinski definition) is 10. The summed E-state index contributed by atoms with van der Waals surface area (Å²) in [6, 6.07) is 4.19. The Labute approximate surface area is 268 Å². The molecule has 0 radical (unpaired) electrons. The smallest absolute Gasteiger partial charge is 0.365 e. The lowest BCUT2D eigenvalue weighted by Gasteiger charge is -2.37. The van der Waals surface area contributed by atoms with Crippen molar-refractivity contribution in [1.82, 2.24) is 20.9 Å². The number of aliphatic hydroxyl groups excluding tert-OH is 1. The number of amides is 4. The van der Waals surface area contributed by atoms with Gasteiger partial charge in [0.25, 0.3) is 5.91 Å². The number of halogens is 5. The molecule has 0 bridgehead atoms. The Morgan fingerprint density at radius 3 is 2.09 bits per heavy atom. The van der Waals surface area contributed by atoms with Gasteiger partial charge in [-0.25, -0.2) is 9.18 Å². The van der Waals surface area contributed by atoms with E-state index in [2.05, 4.69) is 5.32 Å². The number of aliphatic hydroxyl groups is 1. The zero-order valence-electron chi connectivity index (χ0n) is 24.6. The lowest BCUT2D eigenvalue weighted by Crippen LogP contribution is -2.65. The largest absolute Gasteiger partial charge is 0.508 e. The van der Waals surface area contributed by atoms with E-state index < -0.39 is 94.8 Å². The van der Waals surface area contributed by atoms with Crippen molar-refractivity contribution in [3.63, 3.8) is 0 Å². The lowest BCUT2D eigenvalue weighted by atomic mass is 9.96. The molecule has 0 aromatic heterocycles. The van der Waals surface area contributed by atoms with Gasteiger partial charge in [0.05, 0.1) is 24.5 Å². The van der Waals surface area contributed by atoms with E-state index in [0.29, 0.717) is 17.7 Å². The van der Waals surface area contributed by atoms with Gasteiger partial charge in [0.2, 0.25) is 17.7 Å². The van der Waals surface area contributed by atoms with Gasteiger partial charge in [0, 0.05) is 5.56 Å². The van der Waals surface area contributed by atoms with Crippen molar-refractivity contribution < 1.29 is 61.4 Å². The molecule has 2 rings (SSSR count). The number of carbonyl (C=O) groups excluding carboxylic acids is 4. The fourth-order valence-electron chi connectivity index (χ4n) is 4.15. The zero-order valence-corrected chi connectivity index (χ0v) is 25.4. The van der Waals surface area contributed by atoms with Gasteiger partial charge in [0.15, 0.2) is 0 Å². The normalized spacial score (nSPS) is 14.7. The van der Waals surface area contributed by atoms with Crippen LogP contribution >= 0.6 is 11.8 Å². The van der Waals surface area contributed by atoms with Gasteiger partial charge in [0.1, 0.15) is 17.8 Å². The number of alkyl halides is 3. The maximum atomic E-state index is 15.8. The van der Waals surface area contributed by atoms with Crippen LogP contribution in [0.25, 0.3) is 0 Å². The average Bonchev–Trinajstić information content (AvgIpc) is 3.04. The minimum Gasteiger partial charge on any atom is -0.508 e. The number of phenolic OH excluding ortho intramolecular Hbond substituents is 1. The molecule has 13 nitrogen and oxygen atoms in total. The summed E-state index contributed by atoms with van der Waals surface area (Å²) in [5, 5.41) is 29.9. The SMILES string of the molecule is CSCC[C@@H](C(=O)O)N(C(=O)CNC(=O)[C@@H](CO)NC(=O)[C@@H](N)Cc1ccc(O)cc1)C(=O)[C@@](F)(N(F)F)C(F)(F)c1ccccc1. The topological polar surface area (TPSA) is 203 Å². The van der Waals surface area contributed by atoms with Crippen molar-refractivity contribution in [3.05, 3.63) is 65.7 Å². The van der Waals surface area contributed by atoms with Crippen molar-refractivity contribution in [3.8, 4) is 5.75 Å². The van der Waals surface area contributed by atoms with Crippen molar-refractivity contribution in [2.45, 2.75) is 42.7 Å². The molecule has 47 heavy (non-hydrogen) atoms. The second kappa shape index (κ2) is 17.0. The molecule has 19 heteroatoms. The number of carboxylic acid groups (broad SMARTS) is 1. The van der Waals surface area contributed by atoms with Gasteiger partial charge in [-0.05, 0) is 42.5 Å². The number of aromatic hydroxyl groups is 1. The molecule has 0 saturated heterocycles. The van der Waals surface area contributed by atoms with E-state index >= 15 is 13.2 Å². The van der Waals surface area contributed by atoms with E-state index in [-0.39, 0.29) is 17.9 Å². The van der Waals surface area contributed by atoms with Crippen molar-refractivity contribution in [2.24, 2.45) is 5.73 Å². The molecule has 4 atom stereocenters. The summed E-state index contributed by atoms with van der Waals surface area (Å²) < 4.78 is 74.3. The van der Waals surface area contributed by atoms with E-state index in [1.54, 1.807) is 0 Å². The highest BCUT2D eigenvalue weighted by Crippen LogP contribution is 2.46. The number of benzene rings is 2. The van der Waals surface area contributed by atoms with Crippen LogP contribution in [-0.2, 0) is 36.3 Å². The predicted molar refractivity (Wildman–Crippen MR) is 156 cm³/mol. The molecule has 0 spiro atoms. The van der Waals surface area contributed by atoms with Crippen LogP contribution in [0.2, 0.25) is 0 Å². The second-order valence-electron chi connectivity index (χ2n) is 9.94. The number of carbonyl (C=O) groups is 5. The Morgan fingerprint density at radius 1 is 0.979 bits per heavy atom. The first-order chi connectivity index (χ1) is 22.0. The summed E-state index contributed by atoms with van der Waals surface area (Å²) in [6.45, 7) is -2.52. The molecule has 0 aliphatic rings. The third-order valence-electron chi connectivity index (χ3n) is 6.71. The van der Waals surface area contributed by atoms with Gasteiger partial charge in [-0.15, -0.1) is 0 Å². The molecule has 2 aromatic carbocycles. The van der Waals surface area contributed by atoms with E-state index in [4.69, 9.17) is 5.73 Å².